The molecule has 23 heavy (non-hydrogen) atoms. The quantitative estimate of drug-likeness (QED) is 0.782. The van der Waals surface area contributed by atoms with Crippen LogP contribution in [0.4, 0.5) is 0 Å². The zero-order valence-corrected chi connectivity index (χ0v) is 14.5. The summed E-state index contributed by atoms with van der Waals surface area (Å²) >= 11 is 0. The molecule has 0 unspecified atom stereocenters. The summed E-state index contributed by atoms with van der Waals surface area (Å²) < 4.78 is 0. The molecule has 2 rings (SSSR count). The minimum atomic E-state index is -0.735. The highest BCUT2D eigenvalue weighted by Gasteiger charge is 2.36. The molecule has 2 fully saturated rings. The van der Waals surface area contributed by atoms with Gasteiger partial charge in [0.05, 0.1) is 13.2 Å². The highest BCUT2D eigenvalue weighted by Crippen LogP contribution is 2.32. The van der Waals surface area contributed by atoms with Gasteiger partial charge >= 0.3 is 0 Å². The molecule has 0 radical (unpaired) electrons. The summed E-state index contributed by atoms with van der Waals surface area (Å²) in [6.45, 7) is 1.21. The van der Waals surface area contributed by atoms with Crippen molar-refractivity contribution in [3.05, 3.63) is 0 Å². The Morgan fingerprint density at radius 3 is 1.70 bits per heavy atom. The van der Waals surface area contributed by atoms with Gasteiger partial charge in [0.1, 0.15) is 0 Å². The number of aliphatic hydroxyl groups is 1. The first kappa shape index (κ1) is 19.1. The van der Waals surface area contributed by atoms with Crippen molar-refractivity contribution in [3.63, 3.8) is 0 Å². The van der Waals surface area contributed by atoms with Gasteiger partial charge in [-0.15, -0.1) is 0 Å². The Morgan fingerprint density at radius 1 is 0.739 bits per heavy atom. The Labute approximate surface area is 140 Å². The highest BCUT2D eigenvalue weighted by molar-refractivity contribution is 4.70. The normalized spacial score (nSPS) is 26.0. The third-order valence-corrected chi connectivity index (χ3v) is 4.91. The van der Waals surface area contributed by atoms with Crippen LogP contribution in [-0.4, -0.2) is 30.7 Å². The summed E-state index contributed by atoms with van der Waals surface area (Å²) in [5.41, 5.74) is 0. The molecule has 1 aliphatic heterocycles. The zero-order chi connectivity index (χ0) is 16.2. The van der Waals surface area contributed by atoms with E-state index in [-0.39, 0.29) is 12.5 Å². The van der Waals surface area contributed by atoms with Crippen LogP contribution in [-0.2, 0) is 19.6 Å². The van der Waals surface area contributed by atoms with Gasteiger partial charge in [-0.2, -0.15) is 9.78 Å². The molecule has 1 spiro atoms. The van der Waals surface area contributed by atoms with E-state index in [1.807, 2.05) is 0 Å². The number of hydrogen-bond donors (Lipinski definition) is 1. The van der Waals surface area contributed by atoms with E-state index in [2.05, 4.69) is 0 Å². The van der Waals surface area contributed by atoms with Crippen molar-refractivity contribution >= 4 is 0 Å². The van der Waals surface area contributed by atoms with Crippen LogP contribution < -0.4 is 0 Å². The molecule has 0 aromatic carbocycles. The van der Waals surface area contributed by atoms with Crippen molar-refractivity contribution in [2.45, 2.75) is 89.3 Å². The Balaban J connectivity index is 1.83. The van der Waals surface area contributed by atoms with Crippen molar-refractivity contribution in [1.82, 2.24) is 0 Å². The van der Waals surface area contributed by atoms with Crippen molar-refractivity contribution < 1.29 is 24.7 Å². The van der Waals surface area contributed by atoms with Crippen LogP contribution in [0, 0.1) is 5.92 Å². The van der Waals surface area contributed by atoms with E-state index in [1.54, 1.807) is 0 Å². The fraction of sp³-hybridized carbons (Fsp3) is 1.00. The number of hydrogen-bond acceptors (Lipinski definition) is 5. The van der Waals surface area contributed by atoms with E-state index in [4.69, 9.17) is 24.7 Å². The molecule has 1 saturated heterocycles. The molecule has 5 heteroatoms. The van der Waals surface area contributed by atoms with E-state index in [0.29, 0.717) is 13.2 Å². The molecule has 1 saturated carbocycles. The van der Waals surface area contributed by atoms with Gasteiger partial charge in [0.2, 0.25) is 5.79 Å². The van der Waals surface area contributed by atoms with Gasteiger partial charge in [0.25, 0.3) is 0 Å². The molecule has 5 nitrogen and oxygen atoms in total. The molecule has 0 atom stereocenters. The molecule has 2 aliphatic rings. The largest absolute Gasteiger partial charge is 0.396 e. The first-order valence-corrected chi connectivity index (χ1v) is 9.57. The van der Waals surface area contributed by atoms with E-state index in [1.165, 1.54) is 44.9 Å². The fourth-order valence-electron chi connectivity index (χ4n) is 3.40. The Kier molecular flexibility index (Phi) is 9.46. The predicted octanol–water partition coefficient (Wildman–Crippen LogP) is 4.29. The Morgan fingerprint density at radius 2 is 1.22 bits per heavy atom. The van der Waals surface area contributed by atoms with Crippen LogP contribution in [0.1, 0.15) is 83.5 Å². The molecular formula is C18H34O5. The van der Waals surface area contributed by atoms with Gasteiger partial charge in [-0.1, -0.05) is 44.9 Å². The third-order valence-electron chi connectivity index (χ3n) is 4.91. The SMILES string of the molecule is OCCCC1COOC2(CCCCCCCCCCC2)OOC1. The third kappa shape index (κ3) is 7.48. The number of aliphatic hydroxyl groups excluding tert-OH is 1. The smallest absolute Gasteiger partial charge is 0.233 e. The molecular weight excluding hydrogens is 296 g/mol. The maximum absolute atomic E-state index is 8.93. The first-order valence-electron chi connectivity index (χ1n) is 9.57. The van der Waals surface area contributed by atoms with Crippen molar-refractivity contribution in [2.75, 3.05) is 19.8 Å². The summed E-state index contributed by atoms with van der Waals surface area (Å²) in [4.78, 5) is 22.5. The van der Waals surface area contributed by atoms with Gasteiger partial charge in [0.15, 0.2) is 0 Å². The van der Waals surface area contributed by atoms with Crippen molar-refractivity contribution in [2.24, 2.45) is 5.92 Å². The second-order valence-electron chi connectivity index (χ2n) is 7.06. The summed E-state index contributed by atoms with van der Waals surface area (Å²) in [6.07, 6.45) is 14.5. The van der Waals surface area contributed by atoms with Gasteiger partial charge in [0, 0.05) is 25.4 Å². The highest BCUT2D eigenvalue weighted by atomic mass is 17.3. The second-order valence-corrected chi connectivity index (χ2v) is 7.06. The lowest BCUT2D eigenvalue weighted by Gasteiger charge is -2.34. The predicted molar refractivity (Wildman–Crippen MR) is 87.4 cm³/mol. The fourth-order valence-corrected chi connectivity index (χ4v) is 3.40. The standard InChI is InChI=1S/C18H34O5/c19-14-10-11-17-15-20-22-18(23-21-16-17)12-8-6-4-2-1-3-5-7-9-13-18/h17,19H,1-16H2. The molecule has 0 amide bonds. The summed E-state index contributed by atoms with van der Waals surface area (Å²) in [7, 11) is 0. The van der Waals surface area contributed by atoms with E-state index in [9.17, 15) is 0 Å². The van der Waals surface area contributed by atoms with Gasteiger partial charge in [-0.25, -0.2) is 9.78 Å². The van der Waals surface area contributed by atoms with Gasteiger partial charge in [-0.3, -0.25) is 0 Å². The van der Waals surface area contributed by atoms with Gasteiger partial charge in [-0.05, 0) is 25.7 Å². The summed E-state index contributed by atoms with van der Waals surface area (Å²) in [6, 6.07) is 0. The van der Waals surface area contributed by atoms with Crippen molar-refractivity contribution in [3.8, 4) is 0 Å². The first-order chi connectivity index (χ1) is 11.3. The second kappa shape index (κ2) is 11.4. The topological polar surface area (TPSA) is 57.2 Å². The summed E-state index contributed by atoms with van der Waals surface area (Å²) in [5, 5.41) is 8.93. The molecule has 0 aromatic heterocycles. The molecule has 1 heterocycles. The molecule has 136 valence electrons. The maximum atomic E-state index is 8.93. The monoisotopic (exact) mass is 330 g/mol. The van der Waals surface area contributed by atoms with Crippen LogP contribution in [0.25, 0.3) is 0 Å². The lowest BCUT2D eigenvalue weighted by atomic mass is 9.97. The van der Waals surface area contributed by atoms with E-state index in [0.717, 1.165) is 38.5 Å². The Bertz CT molecular complexity index is 273. The zero-order valence-electron chi connectivity index (χ0n) is 14.5. The van der Waals surface area contributed by atoms with Crippen LogP contribution in [0.2, 0.25) is 0 Å². The average Bonchev–Trinajstić information content (AvgIpc) is 2.52. The van der Waals surface area contributed by atoms with E-state index >= 15 is 0 Å². The minimum absolute atomic E-state index is 0.197. The minimum Gasteiger partial charge on any atom is -0.396 e. The average molecular weight is 330 g/mol. The lowest BCUT2D eigenvalue weighted by molar-refractivity contribution is -0.531. The van der Waals surface area contributed by atoms with Crippen LogP contribution >= 0.6 is 0 Å². The van der Waals surface area contributed by atoms with E-state index < -0.39 is 5.79 Å². The van der Waals surface area contributed by atoms with Crippen LogP contribution in [0.3, 0.4) is 0 Å². The molecule has 1 aliphatic carbocycles. The lowest BCUT2D eigenvalue weighted by Crippen LogP contribution is -2.40. The van der Waals surface area contributed by atoms with Crippen LogP contribution in [0.5, 0.6) is 0 Å². The van der Waals surface area contributed by atoms with Crippen molar-refractivity contribution in [1.29, 1.82) is 0 Å². The van der Waals surface area contributed by atoms with Crippen LogP contribution in [0.15, 0.2) is 0 Å². The molecule has 1 N–H and O–H groups in total. The number of rotatable bonds is 3. The Hall–Kier alpha value is -0.200. The maximum Gasteiger partial charge on any atom is 0.233 e. The summed E-state index contributed by atoms with van der Waals surface area (Å²) in [5.74, 6) is -0.521. The molecule has 0 aromatic rings. The molecule has 0 bridgehead atoms. The van der Waals surface area contributed by atoms with Gasteiger partial charge < -0.3 is 5.11 Å².